The number of alkyl halides is 3. The summed E-state index contributed by atoms with van der Waals surface area (Å²) in [5.41, 5.74) is -0.481. The van der Waals surface area contributed by atoms with Crippen molar-refractivity contribution in [1.82, 2.24) is 4.98 Å². The smallest absolute Gasteiger partial charge is 0.386 e. The summed E-state index contributed by atoms with van der Waals surface area (Å²) in [5, 5.41) is 8.75. The third-order valence-electron chi connectivity index (χ3n) is 1.76. The second-order valence-electron chi connectivity index (χ2n) is 3.05. The molecule has 0 atom stereocenters. The van der Waals surface area contributed by atoms with Crippen molar-refractivity contribution in [3.63, 3.8) is 0 Å². The Morgan fingerprint density at radius 2 is 2.06 bits per heavy atom. The molecule has 98 valence electrons. The lowest BCUT2D eigenvalue weighted by atomic mass is 10.2. The fourth-order valence-corrected chi connectivity index (χ4v) is 2.29. The molecule has 0 aliphatic carbocycles. The number of rotatable bonds is 2. The first-order valence-electron chi connectivity index (χ1n) is 4.16. The SMILES string of the molecule is Cc1cnc(OC(F)(F)F)c(S(=O)(=O)Cl)c1C#N. The summed E-state index contributed by atoms with van der Waals surface area (Å²) in [6.07, 6.45) is -4.27. The topological polar surface area (TPSA) is 80.0 Å². The number of aryl methyl sites for hydroxylation is 1. The first kappa shape index (κ1) is 14.5. The molecule has 0 saturated carbocycles. The third kappa shape index (κ3) is 3.24. The maximum atomic E-state index is 12.1. The van der Waals surface area contributed by atoms with Gasteiger partial charge < -0.3 is 4.74 Å². The van der Waals surface area contributed by atoms with Crippen LogP contribution in [0.3, 0.4) is 0 Å². The molecule has 1 heterocycles. The highest BCUT2D eigenvalue weighted by molar-refractivity contribution is 8.13. The molecule has 1 aromatic heterocycles. The van der Waals surface area contributed by atoms with Gasteiger partial charge in [-0.1, -0.05) is 0 Å². The van der Waals surface area contributed by atoms with Crippen molar-refractivity contribution in [2.24, 2.45) is 0 Å². The molecule has 0 radical (unpaired) electrons. The molecule has 0 unspecified atom stereocenters. The van der Waals surface area contributed by atoms with Gasteiger partial charge in [0, 0.05) is 16.9 Å². The van der Waals surface area contributed by atoms with Gasteiger partial charge in [-0.05, 0) is 12.5 Å². The first-order valence-corrected chi connectivity index (χ1v) is 6.47. The number of aromatic nitrogens is 1. The van der Waals surface area contributed by atoms with Gasteiger partial charge in [0.2, 0.25) is 5.88 Å². The van der Waals surface area contributed by atoms with Crippen LogP contribution in [0.2, 0.25) is 0 Å². The number of hydrogen-bond acceptors (Lipinski definition) is 5. The van der Waals surface area contributed by atoms with E-state index in [1.165, 1.54) is 13.0 Å². The summed E-state index contributed by atoms with van der Waals surface area (Å²) in [6, 6.07) is 1.45. The van der Waals surface area contributed by atoms with Crippen molar-refractivity contribution in [2.45, 2.75) is 18.2 Å². The molecule has 1 rings (SSSR count). The van der Waals surface area contributed by atoms with Gasteiger partial charge in [-0.3, -0.25) is 0 Å². The Balaban J connectivity index is 3.61. The minimum Gasteiger partial charge on any atom is -0.386 e. The average molecular weight is 301 g/mol. The van der Waals surface area contributed by atoms with Gasteiger partial charge in [0.05, 0.1) is 5.56 Å². The van der Waals surface area contributed by atoms with Crippen LogP contribution < -0.4 is 4.74 Å². The molecule has 10 heteroatoms. The predicted octanol–water partition coefficient (Wildman–Crippen LogP) is 2.09. The van der Waals surface area contributed by atoms with Gasteiger partial charge in [0.15, 0.2) is 4.90 Å². The molecule has 0 aromatic carbocycles. The molecule has 0 spiro atoms. The van der Waals surface area contributed by atoms with E-state index in [1.807, 2.05) is 0 Å². The van der Waals surface area contributed by atoms with Crippen molar-refractivity contribution in [2.75, 3.05) is 0 Å². The molecule has 1 aromatic rings. The van der Waals surface area contributed by atoms with E-state index in [0.717, 1.165) is 6.20 Å². The summed E-state index contributed by atoms with van der Waals surface area (Å²) in [5.74, 6) is -1.28. The highest BCUT2D eigenvalue weighted by Gasteiger charge is 2.36. The number of nitrogens with zero attached hydrogens (tertiary/aromatic N) is 2. The molecule has 18 heavy (non-hydrogen) atoms. The summed E-state index contributed by atoms with van der Waals surface area (Å²) < 4.78 is 62.0. The Morgan fingerprint density at radius 3 is 2.44 bits per heavy atom. The van der Waals surface area contributed by atoms with Gasteiger partial charge in [0.25, 0.3) is 9.05 Å². The predicted molar refractivity (Wildman–Crippen MR) is 53.4 cm³/mol. The van der Waals surface area contributed by atoms with Crippen LogP contribution in [0.25, 0.3) is 0 Å². The average Bonchev–Trinajstić information content (AvgIpc) is 2.16. The molecule has 0 N–H and O–H groups in total. The van der Waals surface area contributed by atoms with E-state index in [9.17, 15) is 21.6 Å². The fraction of sp³-hybridized carbons (Fsp3) is 0.250. The highest BCUT2D eigenvalue weighted by Crippen LogP contribution is 2.33. The zero-order valence-corrected chi connectivity index (χ0v) is 10.2. The van der Waals surface area contributed by atoms with Crippen LogP contribution in [0.1, 0.15) is 11.1 Å². The normalized spacial score (nSPS) is 12.0. The summed E-state index contributed by atoms with van der Waals surface area (Å²) in [6.45, 7) is 1.30. The van der Waals surface area contributed by atoms with Gasteiger partial charge in [-0.15, -0.1) is 13.2 Å². The largest absolute Gasteiger partial charge is 0.574 e. The molecular weight excluding hydrogens is 297 g/mol. The Morgan fingerprint density at radius 1 is 1.50 bits per heavy atom. The van der Waals surface area contributed by atoms with Gasteiger partial charge in [0.1, 0.15) is 6.07 Å². The van der Waals surface area contributed by atoms with E-state index in [0.29, 0.717) is 0 Å². The minimum atomic E-state index is -5.15. The fourth-order valence-electron chi connectivity index (χ4n) is 1.11. The number of pyridine rings is 1. The molecule has 0 saturated heterocycles. The summed E-state index contributed by atoms with van der Waals surface area (Å²) in [7, 11) is 0.373. The monoisotopic (exact) mass is 300 g/mol. The van der Waals surface area contributed by atoms with E-state index in [1.54, 1.807) is 0 Å². The van der Waals surface area contributed by atoms with E-state index in [2.05, 4.69) is 9.72 Å². The lowest BCUT2D eigenvalue weighted by Crippen LogP contribution is -2.20. The molecular formula is C8H4ClF3N2O3S. The molecule has 0 bridgehead atoms. The zero-order valence-electron chi connectivity index (χ0n) is 8.62. The lowest BCUT2D eigenvalue weighted by molar-refractivity contribution is -0.277. The van der Waals surface area contributed by atoms with E-state index in [4.69, 9.17) is 15.9 Å². The van der Waals surface area contributed by atoms with Crippen LogP contribution in [0.4, 0.5) is 13.2 Å². The van der Waals surface area contributed by atoms with Crippen LogP contribution >= 0.6 is 10.7 Å². The Bertz CT molecular complexity index is 622. The highest BCUT2D eigenvalue weighted by atomic mass is 35.7. The Hall–Kier alpha value is -1.53. The Labute approximate surface area is 104 Å². The summed E-state index contributed by atoms with van der Waals surface area (Å²) in [4.78, 5) is 2.09. The maximum Gasteiger partial charge on any atom is 0.574 e. The molecule has 0 aliphatic heterocycles. The van der Waals surface area contributed by atoms with Gasteiger partial charge >= 0.3 is 6.36 Å². The van der Waals surface area contributed by atoms with Crippen LogP contribution in [-0.4, -0.2) is 19.8 Å². The van der Waals surface area contributed by atoms with Crippen LogP contribution in [-0.2, 0) is 9.05 Å². The second-order valence-corrected chi connectivity index (χ2v) is 5.55. The van der Waals surface area contributed by atoms with Crippen LogP contribution in [0.15, 0.2) is 11.1 Å². The van der Waals surface area contributed by atoms with Gasteiger partial charge in [-0.25, -0.2) is 13.4 Å². The maximum absolute atomic E-state index is 12.1. The molecule has 5 nitrogen and oxygen atoms in total. The van der Waals surface area contributed by atoms with E-state index in [-0.39, 0.29) is 5.56 Å². The van der Waals surface area contributed by atoms with Crippen molar-refractivity contribution in [3.8, 4) is 11.9 Å². The number of nitriles is 1. The van der Waals surface area contributed by atoms with E-state index < -0.39 is 31.8 Å². The molecule has 0 fully saturated rings. The molecule has 0 aliphatic rings. The van der Waals surface area contributed by atoms with Crippen LogP contribution in [0, 0.1) is 18.3 Å². The third-order valence-corrected chi connectivity index (χ3v) is 3.09. The zero-order chi connectivity index (χ0) is 14.1. The van der Waals surface area contributed by atoms with Crippen molar-refractivity contribution >= 4 is 19.7 Å². The van der Waals surface area contributed by atoms with Crippen molar-refractivity contribution in [3.05, 3.63) is 17.3 Å². The van der Waals surface area contributed by atoms with Gasteiger partial charge in [-0.2, -0.15) is 5.26 Å². The van der Waals surface area contributed by atoms with E-state index >= 15 is 0 Å². The van der Waals surface area contributed by atoms with Crippen molar-refractivity contribution in [1.29, 1.82) is 5.26 Å². The van der Waals surface area contributed by atoms with Crippen LogP contribution in [0.5, 0.6) is 5.88 Å². The first-order chi connectivity index (χ1) is 8.06. The second kappa shape index (κ2) is 4.62. The standard InChI is InChI=1S/C8H4ClF3N2O3S/c1-4-3-14-7(17-8(10,11)12)6(5(4)2-13)18(9,15)16/h3H,1H3. The quantitative estimate of drug-likeness (QED) is 0.781. The summed E-state index contributed by atoms with van der Waals surface area (Å²) >= 11 is 0. The number of hydrogen-bond donors (Lipinski definition) is 0. The minimum absolute atomic E-state index is 0.0613. The Kier molecular flexibility index (Phi) is 3.73. The van der Waals surface area contributed by atoms with Crippen molar-refractivity contribution < 1.29 is 26.3 Å². The lowest BCUT2D eigenvalue weighted by Gasteiger charge is -2.12. The number of halogens is 4. The molecule has 0 amide bonds. The number of ether oxygens (including phenoxy) is 1.